The summed E-state index contributed by atoms with van der Waals surface area (Å²) in [5, 5.41) is 0. The van der Waals surface area contributed by atoms with E-state index >= 15 is 0 Å². The molecule has 2 N–H and O–H groups in total. The van der Waals surface area contributed by atoms with Crippen molar-refractivity contribution in [2.24, 2.45) is 11.1 Å². The standard InChI is InChI=1S/C14H29N3O/c1-6-11-10-16(5)8-7-9-17(11)13(18)12(15)14(2,3)4/h11-12H,6-10,15H2,1-5H3/t11?,12-/m0/s1. The minimum Gasteiger partial charge on any atom is -0.337 e. The molecular formula is C14H29N3O. The van der Waals surface area contributed by atoms with Gasteiger partial charge in [0, 0.05) is 19.1 Å². The van der Waals surface area contributed by atoms with E-state index in [9.17, 15) is 4.79 Å². The van der Waals surface area contributed by atoms with Crippen molar-refractivity contribution in [1.82, 2.24) is 9.80 Å². The molecule has 0 bridgehead atoms. The fraction of sp³-hybridized carbons (Fsp3) is 0.929. The molecule has 1 heterocycles. The Morgan fingerprint density at radius 3 is 2.50 bits per heavy atom. The predicted octanol–water partition coefficient (Wildman–Crippen LogP) is 1.30. The zero-order chi connectivity index (χ0) is 13.9. The summed E-state index contributed by atoms with van der Waals surface area (Å²) in [6, 6.07) is -0.103. The number of nitrogens with two attached hydrogens (primary N) is 1. The maximum absolute atomic E-state index is 12.6. The molecule has 0 aromatic rings. The fourth-order valence-electron chi connectivity index (χ4n) is 2.43. The Morgan fingerprint density at radius 1 is 1.39 bits per heavy atom. The van der Waals surface area contributed by atoms with Crippen LogP contribution in [0.2, 0.25) is 0 Å². The van der Waals surface area contributed by atoms with Gasteiger partial charge in [-0.15, -0.1) is 0 Å². The largest absolute Gasteiger partial charge is 0.337 e. The third kappa shape index (κ3) is 3.69. The van der Waals surface area contributed by atoms with E-state index in [-0.39, 0.29) is 11.3 Å². The fourth-order valence-corrected chi connectivity index (χ4v) is 2.43. The van der Waals surface area contributed by atoms with Gasteiger partial charge in [-0.05, 0) is 31.8 Å². The Hall–Kier alpha value is -0.610. The van der Waals surface area contributed by atoms with Crippen molar-refractivity contribution in [2.75, 3.05) is 26.7 Å². The van der Waals surface area contributed by atoms with Gasteiger partial charge in [0.15, 0.2) is 0 Å². The molecule has 1 aliphatic heterocycles. The number of amides is 1. The average molecular weight is 255 g/mol. The van der Waals surface area contributed by atoms with E-state index in [2.05, 4.69) is 18.9 Å². The zero-order valence-corrected chi connectivity index (χ0v) is 12.6. The summed E-state index contributed by atoms with van der Waals surface area (Å²) in [5.41, 5.74) is 5.95. The highest BCUT2D eigenvalue weighted by Gasteiger charge is 2.34. The van der Waals surface area contributed by atoms with E-state index in [1.165, 1.54) is 0 Å². The lowest BCUT2D eigenvalue weighted by molar-refractivity contribution is -0.137. The van der Waals surface area contributed by atoms with Gasteiger partial charge >= 0.3 is 0 Å². The number of hydrogen-bond donors (Lipinski definition) is 1. The Bertz CT molecular complexity index is 285. The molecule has 4 nitrogen and oxygen atoms in total. The van der Waals surface area contributed by atoms with Gasteiger partial charge in [0.2, 0.25) is 5.91 Å². The highest BCUT2D eigenvalue weighted by Crippen LogP contribution is 2.22. The van der Waals surface area contributed by atoms with Crippen molar-refractivity contribution in [3.63, 3.8) is 0 Å². The summed E-state index contributed by atoms with van der Waals surface area (Å²) in [4.78, 5) is 16.9. The Kier molecular flexibility index (Phi) is 5.17. The van der Waals surface area contributed by atoms with Crippen LogP contribution in [-0.2, 0) is 4.79 Å². The molecule has 1 unspecified atom stereocenters. The van der Waals surface area contributed by atoms with Crippen molar-refractivity contribution in [3.8, 4) is 0 Å². The Balaban J connectivity index is 2.81. The van der Waals surface area contributed by atoms with Gasteiger partial charge in [0.1, 0.15) is 0 Å². The van der Waals surface area contributed by atoms with Crippen LogP contribution in [0.25, 0.3) is 0 Å². The molecule has 0 aromatic heterocycles. The van der Waals surface area contributed by atoms with E-state index in [0.717, 1.165) is 32.5 Å². The number of carbonyl (C=O) groups excluding carboxylic acids is 1. The number of rotatable bonds is 2. The summed E-state index contributed by atoms with van der Waals surface area (Å²) >= 11 is 0. The van der Waals surface area contributed by atoms with E-state index in [0.29, 0.717) is 6.04 Å². The Labute approximate surface area is 111 Å². The third-order valence-electron chi connectivity index (χ3n) is 3.86. The molecule has 0 spiro atoms. The van der Waals surface area contributed by atoms with Crippen molar-refractivity contribution in [3.05, 3.63) is 0 Å². The van der Waals surface area contributed by atoms with Gasteiger partial charge in [-0.25, -0.2) is 0 Å². The maximum atomic E-state index is 12.6. The number of likely N-dealkylation sites (N-methyl/N-ethyl adjacent to an activating group) is 1. The lowest BCUT2D eigenvalue weighted by atomic mass is 9.86. The van der Waals surface area contributed by atoms with Gasteiger partial charge < -0.3 is 15.5 Å². The summed E-state index contributed by atoms with van der Waals surface area (Å²) in [5.74, 6) is 0.115. The van der Waals surface area contributed by atoms with E-state index in [1.54, 1.807) is 0 Å². The minimum atomic E-state index is -0.407. The molecule has 1 saturated heterocycles. The first kappa shape index (κ1) is 15.4. The molecule has 0 radical (unpaired) electrons. The second-order valence-corrected chi connectivity index (χ2v) is 6.55. The van der Waals surface area contributed by atoms with E-state index in [1.807, 2.05) is 25.7 Å². The topological polar surface area (TPSA) is 49.6 Å². The summed E-state index contributed by atoms with van der Waals surface area (Å²) < 4.78 is 0. The van der Waals surface area contributed by atoms with Gasteiger partial charge in [0.05, 0.1) is 6.04 Å². The monoisotopic (exact) mass is 255 g/mol. The van der Waals surface area contributed by atoms with Gasteiger partial charge in [-0.2, -0.15) is 0 Å². The van der Waals surface area contributed by atoms with Crippen LogP contribution in [-0.4, -0.2) is 54.5 Å². The lowest BCUT2D eigenvalue weighted by Gasteiger charge is -2.36. The normalized spacial score (nSPS) is 24.8. The van der Waals surface area contributed by atoms with Crippen molar-refractivity contribution >= 4 is 5.91 Å². The molecular weight excluding hydrogens is 226 g/mol. The van der Waals surface area contributed by atoms with Crippen molar-refractivity contribution in [1.29, 1.82) is 0 Å². The number of hydrogen-bond acceptors (Lipinski definition) is 3. The van der Waals surface area contributed by atoms with Crippen LogP contribution in [0, 0.1) is 5.41 Å². The first-order chi connectivity index (χ1) is 8.27. The highest BCUT2D eigenvalue weighted by molar-refractivity contribution is 5.82. The second-order valence-electron chi connectivity index (χ2n) is 6.55. The summed E-state index contributed by atoms with van der Waals surface area (Å²) in [6.07, 6.45) is 2.03. The van der Waals surface area contributed by atoms with Crippen LogP contribution >= 0.6 is 0 Å². The first-order valence-corrected chi connectivity index (χ1v) is 7.02. The maximum Gasteiger partial charge on any atom is 0.240 e. The van der Waals surface area contributed by atoms with Crippen LogP contribution in [0.3, 0.4) is 0 Å². The van der Waals surface area contributed by atoms with Gasteiger partial charge in [-0.3, -0.25) is 4.79 Å². The van der Waals surface area contributed by atoms with Crippen molar-refractivity contribution in [2.45, 2.75) is 52.6 Å². The number of carbonyl (C=O) groups is 1. The van der Waals surface area contributed by atoms with Crippen LogP contribution in [0.4, 0.5) is 0 Å². The van der Waals surface area contributed by atoms with Gasteiger partial charge in [0.25, 0.3) is 0 Å². The van der Waals surface area contributed by atoms with Gasteiger partial charge in [-0.1, -0.05) is 27.7 Å². The quantitative estimate of drug-likeness (QED) is 0.809. The second kappa shape index (κ2) is 6.02. The summed E-state index contributed by atoms with van der Waals surface area (Å²) in [7, 11) is 2.13. The Morgan fingerprint density at radius 2 is 2.00 bits per heavy atom. The average Bonchev–Trinajstić information content (AvgIpc) is 2.47. The van der Waals surface area contributed by atoms with E-state index < -0.39 is 6.04 Å². The van der Waals surface area contributed by atoms with Crippen molar-refractivity contribution < 1.29 is 4.79 Å². The molecule has 4 heteroatoms. The smallest absolute Gasteiger partial charge is 0.240 e. The van der Waals surface area contributed by atoms with Crippen LogP contribution < -0.4 is 5.73 Å². The zero-order valence-electron chi connectivity index (χ0n) is 12.6. The van der Waals surface area contributed by atoms with Crippen LogP contribution in [0.1, 0.15) is 40.5 Å². The lowest BCUT2D eigenvalue weighted by Crippen LogP contribution is -2.54. The first-order valence-electron chi connectivity index (χ1n) is 7.02. The molecule has 18 heavy (non-hydrogen) atoms. The molecule has 1 amide bonds. The molecule has 1 aliphatic rings. The third-order valence-corrected chi connectivity index (χ3v) is 3.86. The highest BCUT2D eigenvalue weighted by atomic mass is 16.2. The number of nitrogens with zero attached hydrogens (tertiary/aromatic N) is 2. The molecule has 2 atom stereocenters. The molecule has 0 saturated carbocycles. The minimum absolute atomic E-state index is 0.115. The SMILES string of the molecule is CCC1CN(C)CCCN1C(=O)[C@H](N)C(C)(C)C. The van der Waals surface area contributed by atoms with Crippen LogP contribution in [0.15, 0.2) is 0 Å². The molecule has 1 rings (SSSR count). The predicted molar refractivity (Wildman–Crippen MR) is 75.3 cm³/mol. The molecule has 106 valence electrons. The van der Waals surface area contributed by atoms with E-state index in [4.69, 9.17) is 5.73 Å². The molecule has 0 aromatic carbocycles. The summed E-state index contributed by atoms with van der Waals surface area (Å²) in [6.45, 7) is 11.1. The molecule has 1 fully saturated rings. The molecule has 0 aliphatic carbocycles. The van der Waals surface area contributed by atoms with Crippen LogP contribution in [0.5, 0.6) is 0 Å².